The maximum absolute atomic E-state index is 6.19. The molecule has 2 rings (SSSR count). The van der Waals surface area contributed by atoms with Crippen LogP contribution in [0.25, 0.3) is 0 Å². The average molecular weight is 282 g/mol. The summed E-state index contributed by atoms with van der Waals surface area (Å²) in [5.41, 5.74) is 1.48. The minimum absolute atomic E-state index is 0.517. The number of hydrogen-bond donors (Lipinski definition) is 1. The number of aromatic nitrogens is 2. The number of aryl methyl sites for hydroxylation is 1. The van der Waals surface area contributed by atoms with Crippen LogP contribution in [-0.4, -0.2) is 16.5 Å². The number of halogens is 1. The van der Waals surface area contributed by atoms with E-state index in [1.54, 1.807) is 0 Å². The molecule has 0 aromatic carbocycles. The molecule has 1 N–H and O–H groups in total. The number of rotatable bonds is 7. The van der Waals surface area contributed by atoms with Gasteiger partial charge in [0.05, 0.1) is 0 Å². The van der Waals surface area contributed by atoms with Gasteiger partial charge in [0.2, 0.25) is 0 Å². The molecule has 0 bridgehead atoms. The first-order valence-electron chi connectivity index (χ1n) is 7.37. The summed E-state index contributed by atoms with van der Waals surface area (Å²) < 4.78 is 0. The third-order valence-corrected chi connectivity index (χ3v) is 4.34. The Morgan fingerprint density at radius 1 is 1.21 bits per heavy atom. The van der Waals surface area contributed by atoms with E-state index in [9.17, 15) is 0 Å². The molecule has 0 spiro atoms. The molecular formula is C15H24ClN3. The van der Waals surface area contributed by atoms with Gasteiger partial charge in [-0.25, -0.2) is 9.97 Å². The van der Waals surface area contributed by atoms with E-state index < -0.39 is 0 Å². The zero-order valence-corrected chi connectivity index (χ0v) is 13.0. The van der Waals surface area contributed by atoms with Gasteiger partial charge >= 0.3 is 0 Å². The lowest BCUT2D eigenvalue weighted by Crippen LogP contribution is -2.17. The largest absolute Gasteiger partial charge is 0.369 e. The van der Waals surface area contributed by atoms with Gasteiger partial charge in [0.1, 0.15) is 16.8 Å². The summed E-state index contributed by atoms with van der Waals surface area (Å²) in [7, 11) is 0. The van der Waals surface area contributed by atoms with Crippen LogP contribution in [0.15, 0.2) is 0 Å². The molecule has 1 aliphatic carbocycles. The summed E-state index contributed by atoms with van der Waals surface area (Å²) in [4.78, 5) is 8.94. The van der Waals surface area contributed by atoms with Gasteiger partial charge < -0.3 is 5.32 Å². The summed E-state index contributed by atoms with van der Waals surface area (Å²) >= 11 is 6.19. The molecule has 4 heteroatoms. The summed E-state index contributed by atoms with van der Waals surface area (Å²) in [6.45, 7) is 7.39. The highest BCUT2D eigenvalue weighted by molar-refractivity contribution is 6.30. The van der Waals surface area contributed by atoms with E-state index in [1.165, 1.54) is 25.7 Å². The molecule has 106 valence electrons. The number of hydrogen-bond acceptors (Lipinski definition) is 3. The van der Waals surface area contributed by atoms with Gasteiger partial charge in [-0.2, -0.15) is 0 Å². The molecule has 0 aliphatic heterocycles. The summed E-state index contributed by atoms with van der Waals surface area (Å²) in [6.07, 6.45) is 7.17. The third kappa shape index (κ3) is 3.59. The SMILES string of the molecule is CCCc1nc(Cl)c(C)c(NCC2(CCC)CC2)n1. The van der Waals surface area contributed by atoms with Crippen molar-refractivity contribution >= 4 is 17.4 Å². The topological polar surface area (TPSA) is 37.8 Å². The first-order valence-corrected chi connectivity index (χ1v) is 7.75. The third-order valence-electron chi connectivity index (χ3n) is 3.97. The highest BCUT2D eigenvalue weighted by atomic mass is 35.5. The van der Waals surface area contributed by atoms with Crippen molar-refractivity contribution < 1.29 is 0 Å². The molecule has 0 radical (unpaired) electrons. The maximum atomic E-state index is 6.19. The van der Waals surface area contributed by atoms with Crippen molar-refractivity contribution in [2.45, 2.75) is 59.3 Å². The van der Waals surface area contributed by atoms with Crippen LogP contribution in [0, 0.1) is 12.3 Å². The quantitative estimate of drug-likeness (QED) is 0.754. The van der Waals surface area contributed by atoms with Crippen LogP contribution in [0.1, 0.15) is 57.3 Å². The van der Waals surface area contributed by atoms with Crippen LogP contribution in [0.2, 0.25) is 5.15 Å². The predicted octanol–water partition coefficient (Wildman–Crippen LogP) is 4.38. The van der Waals surface area contributed by atoms with Crippen LogP contribution >= 0.6 is 11.6 Å². The van der Waals surface area contributed by atoms with E-state index in [2.05, 4.69) is 29.1 Å². The predicted molar refractivity (Wildman–Crippen MR) is 80.8 cm³/mol. The van der Waals surface area contributed by atoms with E-state index in [-0.39, 0.29) is 0 Å². The highest BCUT2D eigenvalue weighted by Crippen LogP contribution is 2.49. The minimum Gasteiger partial charge on any atom is -0.369 e. The Bertz CT molecular complexity index is 441. The van der Waals surface area contributed by atoms with E-state index in [1.807, 2.05) is 6.92 Å². The molecule has 1 aliphatic rings. The number of nitrogens with zero attached hydrogens (tertiary/aromatic N) is 2. The van der Waals surface area contributed by atoms with Crippen molar-refractivity contribution in [2.24, 2.45) is 5.41 Å². The second-order valence-corrected chi connectivity index (χ2v) is 6.12. The lowest BCUT2D eigenvalue weighted by Gasteiger charge is -2.17. The Labute approximate surface area is 121 Å². The van der Waals surface area contributed by atoms with E-state index >= 15 is 0 Å². The Hall–Kier alpha value is -0.830. The first kappa shape index (κ1) is 14.6. The molecule has 19 heavy (non-hydrogen) atoms. The molecule has 1 heterocycles. The Morgan fingerprint density at radius 3 is 2.53 bits per heavy atom. The first-order chi connectivity index (χ1) is 9.10. The van der Waals surface area contributed by atoms with E-state index in [0.717, 1.165) is 36.6 Å². The lowest BCUT2D eigenvalue weighted by molar-refractivity contribution is 0.485. The van der Waals surface area contributed by atoms with Gasteiger partial charge in [-0.15, -0.1) is 0 Å². The lowest BCUT2D eigenvalue weighted by atomic mass is 10.0. The fourth-order valence-corrected chi connectivity index (χ4v) is 2.72. The Balaban J connectivity index is 2.06. The number of anilines is 1. The van der Waals surface area contributed by atoms with Crippen LogP contribution < -0.4 is 5.32 Å². The standard InChI is InChI=1S/C15H24ClN3/c1-4-6-12-18-13(16)11(3)14(19-12)17-10-15(7-5-2)8-9-15/h4-10H2,1-3H3,(H,17,18,19). The van der Waals surface area contributed by atoms with Gasteiger partial charge in [-0.1, -0.05) is 31.9 Å². The van der Waals surface area contributed by atoms with Crippen molar-refractivity contribution in [3.8, 4) is 0 Å². The van der Waals surface area contributed by atoms with Gasteiger partial charge in [-0.3, -0.25) is 0 Å². The van der Waals surface area contributed by atoms with Gasteiger partial charge in [0, 0.05) is 18.5 Å². The van der Waals surface area contributed by atoms with Crippen LogP contribution in [0.3, 0.4) is 0 Å². The van der Waals surface area contributed by atoms with Gasteiger partial charge in [-0.05, 0) is 38.0 Å². The van der Waals surface area contributed by atoms with Crippen LogP contribution in [0.5, 0.6) is 0 Å². The molecule has 0 atom stereocenters. The van der Waals surface area contributed by atoms with E-state index in [0.29, 0.717) is 10.6 Å². The maximum Gasteiger partial charge on any atom is 0.137 e. The summed E-state index contributed by atoms with van der Waals surface area (Å²) in [5, 5.41) is 4.09. The van der Waals surface area contributed by atoms with Gasteiger partial charge in [0.15, 0.2) is 0 Å². The second kappa shape index (κ2) is 6.08. The monoisotopic (exact) mass is 281 g/mol. The highest BCUT2D eigenvalue weighted by Gasteiger charge is 2.41. The van der Waals surface area contributed by atoms with Crippen molar-refractivity contribution in [1.82, 2.24) is 9.97 Å². The zero-order valence-electron chi connectivity index (χ0n) is 12.2. The molecule has 1 aromatic heterocycles. The zero-order chi connectivity index (χ0) is 13.9. The van der Waals surface area contributed by atoms with Crippen molar-refractivity contribution in [1.29, 1.82) is 0 Å². The smallest absolute Gasteiger partial charge is 0.137 e. The number of nitrogens with one attached hydrogen (secondary N) is 1. The summed E-state index contributed by atoms with van der Waals surface area (Å²) in [6, 6.07) is 0. The van der Waals surface area contributed by atoms with Crippen molar-refractivity contribution in [2.75, 3.05) is 11.9 Å². The molecule has 0 saturated heterocycles. The fraction of sp³-hybridized carbons (Fsp3) is 0.733. The average Bonchev–Trinajstić information content (AvgIpc) is 3.13. The normalized spacial score (nSPS) is 16.4. The molecule has 3 nitrogen and oxygen atoms in total. The molecule has 0 unspecified atom stereocenters. The van der Waals surface area contributed by atoms with Crippen molar-refractivity contribution in [3.63, 3.8) is 0 Å². The van der Waals surface area contributed by atoms with Crippen LogP contribution in [-0.2, 0) is 6.42 Å². The molecule has 1 aromatic rings. The Morgan fingerprint density at radius 2 is 1.95 bits per heavy atom. The van der Waals surface area contributed by atoms with E-state index in [4.69, 9.17) is 11.6 Å². The molecular weight excluding hydrogens is 258 g/mol. The fourth-order valence-electron chi connectivity index (χ4n) is 2.53. The summed E-state index contributed by atoms with van der Waals surface area (Å²) in [5.74, 6) is 1.77. The Kier molecular flexibility index (Phi) is 4.67. The van der Waals surface area contributed by atoms with Crippen LogP contribution in [0.4, 0.5) is 5.82 Å². The van der Waals surface area contributed by atoms with Gasteiger partial charge in [0.25, 0.3) is 0 Å². The van der Waals surface area contributed by atoms with Crippen molar-refractivity contribution in [3.05, 3.63) is 16.5 Å². The molecule has 1 fully saturated rings. The minimum atomic E-state index is 0.517. The second-order valence-electron chi connectivity index (χ2n) is 5.76. The molecule has 1 saturated carbocycles. The molecule has 0 amide bonds.